The van der Waals surface area contributed by atoms with Crippen molar-refractivity contribution in [2.75, 3.05) is 5.32 Å². The van der Waals surface area contributed by atoms with Crippen molar-refractivity contribution in [3.8, 4) is 0 Å². The van der Waals surface area contributed by atoms with Gasteiger partial charge in [-0.2, -0.15) is 0 Å². The van der Waals surface area contributed by atoms with Crippen LogP contribution in [0.2, 0.25) is 5.02 Å². The second-order valence-electron chi connectivity index (χ2n) is 4.13. The van der Waals surface area contributed by atoms with Gasteiger partial charge < -0.3 is 4.74 Å². The average molecular weight is 288 g/mol. The molecular formula is C16H14ClNO2. The molecule has 0 aliphatic heterocycles. The Hall–Kier alpha value is -2.26. The van der Waals surface area contributed by atoms with Crippen molar-refractivity contribution in [1.29, 1.82) is 0 Å². The number of benzene rings is 2. The van der Waals surface area contributed by atoms with Gasteiger partial charge in [-0.3, -0.25) is 5.32 Å². The number of halogens is 1. The molecule has 0 atom stereocenters. The van der Waals surface area contributed by atoms with Crippen LogP contribution in [0.15, 0.2) is 55.1 Å². The summed E-state index contributed by atoms with van der Waals surface area (Å²) in [6.07, 6.45) is 1.14. The molecule has 0 fully saturated rings. The number of carbonyl (C=O) groups excluding carboxylic acids is 1. The van der Waals surface area contributed by atoms with E-state index < -0.39 is 6.09 Å². The van der Waals surface area contributed by atoms with Crippen molar-refractivity contribution < 1.29 is 9.53 Å². The molecule has 0 saturated heterocycles. The summed E-state index contributed by atoms with van der Waals surface area (Å²) in [6.45, 7) is 3.88. The zero-order chi connectivity index (χ0) is 14.4. The van der Waals surface area contributed by atoms with Crippen molar-refractivity contribution in [1.82, 2.24) is 0 Å². The third-order valence-corrected chi connectivity index (χ3v) is 3.01. The van der Waals surface area contributed by atoms with Crippen molar-refractivity contribution in [3.05, 3.63) is 71.3 Å². The highest BCUT2D eigenvalue weighted by atomic mass is 35.5. The van der Waals surface area contributed by atoms with E-state index in [1.54, 1.807) is 24.3 Å². The number of ether oxygens (including phenoxy) is 1. The maximum absolute atomic E-state index is 11.7. The number of hydrogen-bond donors (Lipinski definition) is 1. The minimum Gasteiger partial charge on any atom is -0.444 e. The summed E-state index contributed by atoms with van der Waals surface area (Å²) in [5, 5.41) is 3.15. The molecule has 1 N–H and O–H groups in total. The highest BCUT2D eigenvalue weighted by Gasteiger charge is 2.05. The first-order valence-electron chi connectivity index (χ1n) is 6.09. The Labute approximate surface area is 122 Å². The maximum atomic E-state index is 11.7. The number of nitrogens with one attached hydrogen (secondary N) is 1. The monoisotopic (exact) mass is 287 g/mol. The lowest BCUT2D eigenvalue weighted by atomic mass is 10.2. The summed E-state index contributed by atoms with van der Waals surface area (Å²) in [5.74, 6) is 0. The molecule has 0 radical (unpaired) electrons. The summed E-state index contributed by atoms with van der Waals surface area (Å²) in [4.78, 5) is 11.7. The predicted octanol–water partition coefficient (Wildman–Crippen LogP) is 4.73. The summed E-state index contributed by atoms with van der Waals surface area (Å²) in [5.41, 5.74) is 2.33. The SMILES string of the molecule is C=Cc1ccc(NC(=O)OCc2ccccc2)cc1Cl. The van der Waals surface area contributed by atoms with E-state index in [9.17, 15) is 4.79 Å². The fourth-order valence-electron chi connectivity index (χ4n) is 1.65. The van der Waals surface area contributed by atoms with Gasteiger partial charge in [0.15, 0.2) is 0 Å². The Morgan fingerprint density at radius 2 is 2.00 bits per heavy atom. The Bertz CT molecular complexity index is 611. The molecule has 0 bridgehead atoms. The molecule has 2 aromatic rings. The van der Waals surface area contributed by atoms with Gasteiger partial charge in [0, 0.05) is 10.7 Å². The van der Waals surface area contributed by atoms with Crippen molar-refractivity contribution in [2.24, 2.45) is 0 Å². The van der Waals surface area contributed by atoms with Gasteiger partial charge in [0.25, 0.3) is 0 Å². The van der Waals surface area contributed by atoms with Gasteiger partial charge >= 0.3 is 6.09 Å². The van der Waals surface area contributed by atoms with Gasteiger partial charge in [0.2, 0.25) is 0 Å². The van der Waals surface area contributed by atoms with Crippen molar-refractivity contribution in [2.45, 2.75) is 6.61 Å². The number of amides is 1. The molecule has 20 heavy (non-hydrogen) atoms. The number of carbonyl (C=O) groups is 1. The number of anilines is 1. The van der Waals surface area contributed by atoms with Crippen LogP contribution in [0.1, 0.15) is 11.1 Å². The third kappa shape index (κ3) is 3.87. The Morgan fingerprint density at radius 1 is 1.25 bits per heavy atom. The van der Waals surface area contributed by atoms with Crippen LogP contribution in [0.5, 0.6) is 0 Å². The standard InChI is InChI=1S/C16H14ClNO2/c1-2-13-8-9-14(10-15(13)17)18-16(19)20-11-12-6-4-3-5-7-12/h2-10H,1,11H2,(H,18,19). The van der Waals surface area contributed by atoms with Crippen LogP contribution in [-0.2, 0) is 11.3 Å². The smallest absolute Gasteiger partial charge is 0.411 e. The van der Waals surface area contributed by atoms with E-state index in [4.69, 9.17) is 16.3 Å². The highest BCUT2D eigenvalue weighted by molar-refractivity contribution is 6.32. The molecule has 2 aromatic carbocycles. The Balaban J connectivity index is 1.91. The van der Waals surface area contributed by atoms with Crippen LogP contribution in [-0.4, -0.2) is 6.09 Å². The van der Waals surface area contributed by atoms with Gasteiger partial charge in [-0.05, 0) is 23.3 Å². The Morgan fingerprint density at radius 3 is 2.65 bits per heavy atom. The molecule has 102 valence electrons. The van der Waals surface area contributed by atoms with Gasteiger partial charge in [0.1, 0.15) is 6.61 Å². The minimum absolute atomic E-state index is 0.227. The predicted molar refractivity (Wildman–Crippen MR) is 81.8 cm³/mol. The molecule has 0 heterocycles. The number of rotatable bonds is 4. The quantitative estimate of drug-likeness (QED) is 0.882. The summed E-state index contributed by atoms with van der Waals surface area (Å²) in [7, 11) is 0. The molecule has 0 spiro atoms. The van der Waals surface area contributed by atoms with Gasteiger partial charge in [-0.1, -0.05) is 60.7 Å². The summed E-state index contributed by atoms with van der Waals surface area (Å²) < 4.78 is 5.12. The van der Waals surface area contributed by atoms with Crippen LogP contribution in [0, 0.1) is 0 Å². The van der Waals surface area contributed by atoms with E-state index in [-0.39, 0.29) is 6.61 Å². The molecule has 0 aromatic heterocycles. The second-order valence-corrected chi connectivity index (χ2v) is 4.53. The van der Waals surface area contributed by atoms with E-state index in [2.05, 4.69) is 11.9 Å². The second kappa shape index (κ2) is 6.78. The van der Waals surface area contributed by atoms with Crippen molar-refractivity contribution >= 4 is 29.5 Å². The molecule has 0 saturated carbocycles. The zero-order valence-electron chi connectivity index (χ0n) is 10.8. The van der Waals surface area contributed by atoms with Crippen LogP contribution < -0.4 is 5.32 Å². The van der Waals surface area contributed by atoms with Gasteiger partial charge in [-0.25, -0.2) is 4.79 Å². The summed E-state index contributed by atoms with van der Waals surface area (Å²) >= 11 is 6.02. The third-order valence-electron chi connectivity index (χ3n) is 2.68. The zero-order valence-corrected chi connectivity index (χ0v) is 11.6. The first-order valence-corrected chi connectivity index (χ1v) is 6.46. The topological polar surface area (TPSA) is 38.3 Å². The van der Waals surface area contributed by atoms with Crippen LogP contribution in [0.3, 0.4) is 0 Å². The van der Waals surface area contributed by atoms with E-state index in [0.29, 0.717) is 10.7 Å². The molecule has 0 unspecified atom stereocenters. The maximum Gasteiger partial charge on any atom is 0.411 e. The molecular weight excluding hydrogens is 274 g/mol. The van der Waals surface area contributed by atoms with Crippen LogP contribution >= 0.6 is 11.6 Å². The van der Waals surface area contributed by atoms with E-state index >= 15 is 0 Å². The lowest BCUT2D eigenvalue weighted by Gasteiger charge is -2.08. The fraction of sp³-hybridized carbons (Fsp3) is 0.0625. The molecule has 0 aliphatic rings. The number of hydrogen-bond acceptors (Lipinski definition) is 2. The normalized spacial score (nSPS) is 9.85. The average Bonchev–Trinajstić information content (AvgIpc) is 2.46. The summed E-state index contributed by atoms with van der Waals surface area (Å²) in [6, 6.07) is 14.7. The fourth-order valence-corrected chi connectivity index (χ4v) is 1.91. The Kier molecular flexibility index (Phi) is 4.80. The van der Waals surface area contributed by atoms with Gasteiger partial charge in [0.05, 0.1) is 0 Å². The largest absolute Gasteiger partial charge is 0.444 e. The minimum atomic E-state index is -0.517. The van der Waals surface area contributed by atoms with E-state index in [0.717, 1.165) is 11.1 Å². The van der Waals surface area contributed by atoms with Crippen molar-refractivity contribution in [3.63, 3.8) is 0 Å². The molecule has 3 nitrogen and oxygen atoms in total. The van der Waals surface area contributed by atoms with Gasteiger partial charge in [-0.15, -0.1) is 0 Å². The molecule has 4 heteroatoms. The first-order chi connectivity index (χ1) is 9.69. The highest BCUT2D eigenvalue weighted by Crippen LogP contribution is 2.21. The molecule has 1 amide bonds. The van der Waals surface area contributed by atoms with E-state index in [1.165, 1.54) is 0 Å². The van der Waals surface area contributed by atoms with Crippen LogP contribution in [0.25, 0.3) is 6.08 Å². The lowest BCUT2D eigenvalue weighted by molar-refractivity contribution is 0.155. The first kappa shape index (κ1) is 14.2. The molecule has 0 aliphatic carbocycles. The lowest BCUT2D eigenvalue weighted by Crippen LogP contribution is -2.13. The van der Waals surface area contributed by atoms with Crippen LogP contribution in [0.4, 0.5) is 10.5 Å². The molecule has 2 rings (SSSR count). The van der Waals surface area contributed by atoms with E-state index in [1.807, 2.05) is 30.3 Å².